The number of carboxylic acid groups (broad SMARTS) is 1. The third-order valence-electron chi connectivity index (χ3n) is 4.10. The van der Waals surface area contributed by atoms with Gasteiger partial charge in [0.15, 0.2) is 0 Å². The number of epoxide rings is 1. The Morgan fingerprint density at radius 3 is 2.26 bits per heavy atom. The fraction of sp³-hybridized carbons (Fsp3) is 0.650. The molecule has 2 atom stereocenters. The van der Waals surface area contributed by atoms with Gasteiger partial charge in [0.05, 0.1) is 12.2 Å². The van der Waals surface area contributed by atoms with Crippen LogP contribution in [-0.2, 0) is 9.53 Å². The van der Waals surface area contributed by atoms with E-state index in [1.807, 2.05) is 12.2 Å². The maximum absolute atomic E-state index is 10.2. The molecule has 1 saturated heterocycles. The lowest BCUT2D eigenvalue weighted by Crippen LogP contribution is -1.94. The van der Waals surface area contributed by atoms with E-state index in [2.05, 4.69) is 13.0 Å². The summed E-state index contributed by atoms with van der Waals surface area (Å²) >= 11 is 0. The highest BCUT2D eigenvalue weighted by atomic mass is 16.6. The van der Waals surface area contributed by atoms with Crippen LogP contribution < -0.4 is 0 Å². The molecule has 1 aliphatic rings. The molecule has 0 radical (unpaired) electrons. The minimum Gasteiger partial charge on any atom is -0.478 e. The highest BCUT2D eigenvalue weighted by Crippen LogP contribution is 2.31. The van der Waals surface area contributed by atoms with Crippen molar-refractivity contribution in [1.29, 1.82) is 0 Å². The van der Waals surface area contributed by atoms with Crippen molar-refractivity contribution in [2.75, 3.05) is 0 Å². The van der Waals surface area contributed by atoms with Crippen molar-refractivity contribution >= 4 is 5.97 Å². The van der Waals surface area contributed by atoms with Gasteiger partial charge in [0.1, 0.15) is 0 Å². The molecule has 3 heteroatoms. The predicted octanol–water partition coefficient (Wildman–Crippen LogP) is 5.43. The van der Waals surface area contributed by atoms with Crippen molar-refractivity contribution in [3.8, 4) is 0 Å². The van der Waals surface area contributed by atoms with Gasteiger partial charge in [-0.25, -0.2) is 4.79 Å². The van der Waals surface area contributed by atoms with E-state index in [-0.39, 0.29) is 0 Å². The van der Waals surface area contributed by atoms with E-state index < -0.39 is 5.97 Å². The fourth-order valence-corrected chi connectivity index (χ4v) is 2.68. The molecule has 0 aromatic heterocycles. The molecule has 1 fully saturated rings. The van der Waals surface area contributed by atoms with Crippen molar-refractivity contribution in [1.82, 2.24) is 0 Å². The van der Waals surface area contributed by atoms with Crippen molar-refractivity contribution < 1.29 is 14.6 Å². The van der Waals surface area contributed by atoms with Gasteiger partial charge in [-0.1, -0.05) is 75.8 Å². The molecule has 0 aromatic carbocycles. The molecule has 0 aliphatic carbocycles. The van der Waals surface area contributed by atoms with E-state index in [9.17, 15) is 4.79 Å². The number of aliphatic carboxylic acids is 1. The molecule has 0 amide bonds. The van der Waals surface area contributed by atoms with E-state index in [0.717, 1.165) is 12.5 Å². The highest BCUT2D eigenvalue weighted by molar-refractivity contribution is 5.80. The molecule has 1 heterocycles. The molecule has 0 bridgehead atoms. The summed E-state index contributed by atoms with van der Waals surface area (Å²) in [6.45, 7) is 2.24. The zero-order chi connectivity index (χ0) is 16.8. The summed E-state index contributed by atoms with van der Waals surface area (Å²) in [5.41, 5.74) is 0. The van der Waals surface area contributed by atoms with Crippen molar-refractivity contribution in [2.45, 2.75) is 83.3 Å². The second kappa shape index (κ2) is 13.1. The van der Waals surface area contributed by atoms with Gasteiger partial charge in [0, 0.05) is 6.08 Å². The molecule has 23 heavy (non-hydrogen) atoms. The summed E-state index contributed by atoms with van der Waals surface area (Å²) < 4.78 is 5.71. The Balaban J connectivity index is 1.84. The maximum Gasteiger partial charge on any atom is 0.328 e. The molecule has 0 saturated carbocycles. The summed E-state index contributed by atoms with van der Waals surface area (Å²) in [5, 5.41) is 8.41. The zero-order valence-corrected chi connectivity index (χ0v) is 14.5. The number of carbonyl (C=O) groups is 1. The van der Waals surface area contributed by atoms with Crippen LogP contribution >= 0.6 is 0 Å². The van der Waals surface area contributed by atoms with Crippen LogP contribution in [0.25, 0.3) is 0 Å². The molecule has 1 aliphatic heterocycles. The summed E-state index contributed by atoms with van der Waals surface area (Å²) in [5.74, 6) is -0.914. The minimum absolute atomic E-state index is 0.566. The lowest BCUT2D eigenvalue weighted by Gasteiger charge is -1.98. The normalized spacial score (nSPS) is 20.9. The van der Waals surface area contributed by atoms with Crippen molar-refractivity contribution in [3.63, 3.8) is 0 Å². The third-order valence-corrected chi connectivity index (χ3v) is 4.10. The van der Waals surface area contributed by atoms with Crippen molar-refractivity contribution in [2.24, 2.45) is 0 Å². The van der Waals surface area contributed by atoms with E-state index in [1.165, 1.54) is 63.9 Å². The molecular weight excluding hydrogens is 288 g/mol. The van der Waals surface area contributed by atoms with Gasteiger partial charge in [0.2, 0.25) is 0 Å². The number of ether oxygens (including phenoxy) is 1. The second-order valence-electron chi connectivity index (χ2n) is 6.21. The SMILES string of the molecule is CCCCCC1OC1CCCCCC/C=C/C=C/C=C/C(=O)O. The van der Waals surface area contributed by atoms with E-state index in [1.54, 1.807) is 6.08 Å². The van der Waals surface area contributed by atoms with Gasteiger partial charge in [-0.15, -0.1) is 0 Å². The first-order chi connectivity index (χ1) is 11.2. The van der Waals surface area contributed by atoms with Crippen LogP contribution in [0.1, 0.15) is 71.1 Å². The Hall–Kier alpha value is -1.35. The monoisotopic (exact) mass is 320 g/mol. The molecule has 3 nitrogen and oxygen atoms in total. The third kappa shape index (κ3) is 11.8. The number of unbranched alkanes of at least 4 members (excludes halogenated alkanes) is 6. The van der Waals surface area contributed by atoms with Gasteiger partial charge in [-0.2, -0.15) is 0 Å². The molecule has 1 N–H and O–H groups in total. The maximum atomic E-state index is 10.2. The molecular formula is C20H32O3. The highest BCUT2D eigenvalue weighted by Gasteiger charge is 2.36. The lowest BCUT2D eigenvalue weighted by atomic mass is 10.1. The van der Waals surface area contributed by atoms with Gasteiger partial charge in [0.25, 0.3) is 0 Å². The minimum atomic E-state index is -0.914. The Labute approximate surface area is 141 Å². The average molecular weight is 320 g/mol. The standard InChI is InChI=1S/C20H32O3/c1-2-3-12-15-18-19(23-18)16-13-10-8-6-4-5-7-9-11-14-17-20(21)22/h5,7,9,11,14,17-19H,2-4,6,8,10,12-13,15-16H2,1H3,(H,21,22)/b7-5+,11-9+,17-14+. The second-order valence-corrected chi connectivity index (χ2v) is 6.21. The first kappa shape index (κ1) is 19.7. The van der Waals surface area contributed by atoms with Crippen LogP contribution in [0.5, 0.6) is 0 Å². The van der Waals surface area contributed by atoms with Crippen LogP contribution in [0.2, 0.25) is 0 Å². The summed E-state index contributed by atoms with van der Waals surface area (Å²) in [4.78, 5) is 10.2. The van der Waals surface area contributed by atoms with Crippen LogP contribution in [0.3, 0.4) is 0 Å². The first-order valence-corrected chi connectivity index (χ1v) is 9.12. The van der Waals surface area contributed by atoms with E-state index in [4.69, 9.17) is 9.84 Å². The van der Waals surface area contributed by atoms with Crippen molar-refractivity contribution in [3.05, 3.63) is 36.5 Å². The Bertz CT molecular complexity index is 396. The Morgan fingerprint density at radius 2 is 1.57 bits per heavy atom. The summed E-state index contributed by atoms with van der Waals surface area (Å²) in [7, 11) is 0. The number of carboxylic acids is 1. The van der Waals surface area contributed by atoms with Crippen LogP contribution in [0.4, 0.5) is 0 Å². The predicted molar refractivity (Wildman–Crippen MR) is 95.6 cm³/mol. The number of rotatable bonds is 14. The Kier molecular flexibility index (Phi) is 11.2. The van der Waals surface area contributed by atoms with Crippen LogP contribution in [-0.4, -0.2) is 23.3 Å². The molecule has 130 valence electrons. The van der Waals surface area contributed by atoms with Gasteiger partial charge in [-0.05, 0) is 25.7 Å². The first-order valence-electron chi connectivity index (χ1n) is 9.12. The number of allylic oxidation sites excluding steroid dienone is 5. The largest absolute Gasteiger partial charge is 0.478 e. The molecule has 0 spiro atoms. The smallest absolute Gasteiger partial charge is 0.328 e. The quantitative estimate of drug-likeness (QED) is 0.201. The average Bonchev–Trinajstić information content (AvgIpc) is 3.27. The van der Waals surface area contributed by atoms with E-state index >= 15 is 0 Å². The zero-order valence-electron chi connectivity index (χ0n) is 14.5. The number of hydrogen-bond acceptors (Lipinski definition) is 2. The molecule has 0 aromatic rings. The topological polar surface area (TPSA) is 49.8 Å². The van der Waals surface area contributed by atoms with Gasteiger partial charge >= 0.3 is 5.97 Å². The van der Waals surface area contributed by atoms with Gasteiger partial charge in [-0.3, -0.25) is 0 Å². The van der Waals surface area contributed by atoms with Gasteiger partial charge < -0.3 is 9.84 Å². The van der Waals surface area contributed by atoms with E-state index in [0.29, 0.717) is 12.2 Å². The summed E-state index contributed by atoms with van der Waals surface area (Å²) in [6.07, 6.45) is 24.1. The molecule has 1 rings (SSSR count). The molecule has 2 unspecified atom stereocenters. The Morgan fingerprint density at radius 1 is 0.913 bits per heavy atom. The summed E-state index contributed by atoms with van der Waals surface area (Å²) in [6, 6.07) is 0. The van der Waals surface area contributed by atoms with Crippen LogP contribution in [0.15, 0.2) is 36.5 Å². The number of hydrogen-bond donors (Lipinski definition) is 1. The lowest BCUT2D eigenvalue weighted by molar-refractivity contribution is -0.131. The fourth-order valence-electron chi connectivity index (χ4n) is 2.68. The van der Waals surface area contributed by atoms with Crippen LogP contribution in [0, 0.1) is 0 Å².